The van der Waals surface area contributed by atoms with Crippen LogP contribution >= 0.6 is 0 Å². The first-order valence-corrected chi connectivity index (χ1v) is 5.43. The van der Waals surface area contributed by atoms with Gasteiger partial charge in [0.05, 0.1) is 5.56 Å². The lowest BCUT2D eigenvalue weighted by Crippen LogP contribution is -2.36. The number of carbonyl (C=O) groups is 1. The molecule has 1 heterocycles. The second-order valence-corrected chi connectivity index (χ2v) is 3.95. The molecule has 1 aliphatic heterocycles. The summed E-state index contributed by atoms with van der Waals surface area (Å²) in [5.41, 5.74) is -0.165. The zero-order valence-corrected chi connectivity index (χ0v) is 8.88. The number of benzene rings is 1. The molecule has 1 aromatic rings. The molecule has 4 heteroatoms. The van der Waals surface area contributed by atoms with E-state index in [4.69, 9.17) is 0 Å². The minimum absolute atomic E-state index is 0.165. The van der Waals surface area contributed by atoms with Gasteiger partial charge in [-0.25, -0.2) is 8.78 Å². The smallest absolute Gasteiger partial charge is 0.256 e. The van der Waals surface area contributed by atoms with Crippen molar-refractivity contribution in [3.8, 4) is 0 Å². The third kappa shape index (κ3) is 2.05. The van der Waals surface area contributed by atoms with Crippen LogP contribution in [-0.2, 0) is 0 Å². The number of likely N-dealkylation sites (tertiary alicyclic amines) is 1. The van der Waals surface area contributed by atoms with Crippen molar-refractivity contribution in [1.82, 2.24) is 4.90 Å². The molecule has 0 spiro atoms. The van der Waals surface area contributed by atoms with Crippen molar-refractivity contribution in [1.29, 1.82) is 0 Å². The summed E-state index contributed by atoms with van der Waals surface area (Å²) < 4.78 is 26.3. The van der Waals surface area contributed by atoms with Gasteiger partial charge >= 0.3 is 0 Å². The second kappa shape index (κ2) is 4.60. The fraction of sp³-hybridized carbons (Fsp3) is 0.417. The zero-order chi connectivity index (χ0) is 11.5. The Hall–Kier alpha value is -1.45. The highest BCUT2D eigenvalue weighted by atomic mass is 19.2. The van der Waals surface area contributed by atoms with Crippen molar-refractivity contribution in [2.24, 2.45) is 0 Å². The van der Waals surface area contributed by atoms with Crippen LogP contribution in [0.5, 0.6) is 0 Å². The number of nitrogens with zero attached hydrogens (tertiary/aromatic N) is 1. The van der Waals surface area contributed by atoms with Gasteiger partial charge in [-0.1, -0.05) is 6.07 Å². The molecule has 1 fully saturated rings. The molecule has 1 saturated heterocycles. The Balaban J connectivity index is 2.22. The van der Waals surface area contributed by atoms with Gasteiger partial charge in [0.25, 0.3) is 5.91 Å². The average Bonchev–Trinajstić information content (AvgIpc) is 2.33. The van der Waals surface area contributed by atoms with Crippen LogP contribution in [0.15, 0.2) is 18.2 Å². The quantitative estimate of drug-likeness (QED) is 0.719. The standard InChI is InChI=1S/C12H13F2NO/c13-10-6-4-5-9(11(10)14)12(16)15-7-2-1-3-8-15/h4-6H,1-3,7-8H2. The summed E-state index contributed by atoms with van der Waals surface area (Å²) in [6.07, 6.45) is 2.96. The molecule has 0 aromatic heterocycles. The van der Waals surface area contributed by atoms with Crippen molar-refractivity contribution < 1.29 is 13.6 Å². The van der Waals surface area contributed by atoms with E-state index in [1.165, 1.54) is 12.1 Å². The van der Waals surface area contributed by atoms with Crippen molar-refractivity contribution in [2.75, 3.05) is 13.1 Å². The minimum Gasteiger partial charge on any atom is -0.339 e. The number of hydrogen-bond acceptors (Lipinski definition) is 1. The van der Waals surface area contributed by atoms with E-state index in [-0.39, 0.29) is 5.56 Å². The summed E-state index contributed by atoms with van der Waals surface area (Å²) in [6, 6.07) is 3.70. The van der Waals surface area contributed by atoms with Crippen LogP contribution in [0.3, 0.4) is 0 Å². The van der Waals surface area contributed by atoms with E-state index in [1.54, 1.807) is 4.90 Å². The summed E-state index contributed by atoms with van der Waals surface area (Å²) in [6.45, 7) is 1.27. The van der Waals surface area contributed by atoms with E-state index in [0.717, 1.165) is 25.3 Å². The highest BCUT2D eigenvalue weighted by Crippen LogP contribution is 2.17. The fourth-order valence-electron chi connectivity index (χ4n) is 1.94. The van der Waals surface area contributed by atoms with Gasteiger partial charge in [-0.3, -0.25) is 4.79 Å². The minimum atomic E-state index is -1.04. The second-order valence-electron chi connectivity index (χ2n) is 3.95. The van der Waals surface area contributed by atoms with E-state index in [1.807, 2.05) is 0 Å². The molecule has 86 valence electrons. The van der Waals surface area contributed by atoms with Gasteiger partial charge in [-0.2, -0.15) is 0 Å². The van der Waals surface area contributed by atoms with Gasteiger partial charge in [-0.05, 0) is 31.4 Å². The molecule has 2 rings (SSSR count). The van der Waals surface area contributed by atoms with E-state index < -0.39 is 17.5 Å². The molecule has 1 aromatic carbocycles. The lowest BCUT2D eigenvalue weighted by molar-refractivity contribution is 0.0718. The molecule has 2 nitrogen and oxygen atoms in total. The van der Waals surface area contributed by atoms with Gasteiger partial charge in [0.15, 0.2) is 11.6 Å². The van der Waals surface area contributed by atoms with Crippen LogP contribution in [0.1, 0.15) is 29.6 Å². The molecule has 0 aliphatic carbocycles. The molecule has 0 N–H and O–H groups in total. The maximum Gasteiger partial charge on any atom is 0.256 e. The summed E-state index contributed by atoms with van der Waals surface area (Å²) in [4.78, 5) is 13.5. The molecular weight excluding hydrogens is 212 g/mol. The maximum atomic E-state index is 13.4. The zero-order valence-electron chi connectivity index (χ0n) is 8.88. The van der Waals surface area contributed by atoms with Gasteiger partial charge in [-0.15, -0.1) is 0 Å². The molecule has 16 heavy (non-hydrogen) atoms. The van der Waals surface area contributed by atoms with Crippen LogP contribution in [-0.4, -0.2) is 23.9 Å². The molecule has 0 atom stereocenters. The SMILES string of the molecule is O=C(c1cccc(F)c1F)N1CCCCC1. The third-order valence-corrected chi connectivity index (χ3v) is 2.83. The molecule has 0 unspecified atom stereocenters. The average molecular weight is 225 g/mol. The first kappa shape index (κ1) is 11.0. The Bertz CT molecular complexity index is 400. The van der Waals surface area contributed by atoms with Crippen LogP contribution in [0.2, 0.25) is 0 Å². The lowest BCUT2D eigenvalue weighted by Gasteiger charge is -2.26. The molecule has 0 saturated carbocycles. The van der Waals surface area contributed by atoms with Gasteiger partial charge < -0.3 is 4.90 Å². The highest BCUT2D eigenvalue weighted by molar-refractivity contribution is 5.94. The van der Waals surface area contributed by atoms with E-state index in [2.05, 4.69) is 0 Å². The van der Waals surface area contributed by atoms with E-state index >= 15 is 0 Å². The Morgan fingerprint density at radius 1 is 1.12 bits per heavy atom. The summed E-state index contributed by atoms with van der Waals surface area (Å²) in [5, 5.41) is 0. The first-order chi connectivity index (χ1) is 7.70. The molecule has 0 bridgehead atoms. The van der Waals surface area contributed by atoms with Gasteiger partial charge in [0, 0.05) is 13.1 Å². The van der Waals surface area contributed by atoms with Crippen LogP contribution in [0.4, 0.5) is 8.78 Å². The predicted molar refractivity (Wildman–Crippen MR) is 56.1 cm³/mol. The number of hydrogen-bond donors (Lipinski definition) is 0. The van der Waals surface area contributed by atoms with Crippen molar-refractivity contribution in [2.45, 2.75) is 19.3 Å². The van der Waals surface area contributed by atoms with E-state index in [9.17, 15) is 13.6 Å². The number of rotatable bonds is 1. The summed E-state index contributed by atoms with van der Waals surface area (Å²) >= 11 is 0. The van der Waals surface area contributed by atoms with Crippen LogP contribution in [0.25, 0.3) is 0 Å². The lowest BCUT2D eigenvalue weighted by atomic mass is 10.1. The Morgan fingerprint density at radius 3 is 2.50 bits per heavy atom. The number of piperidine rings is 1. The topological polar surface area (TPSA) is 20.3 Å². The molecular formula is C12H13F2NO. The molecule has 1 amide bonds. The fourth-order valence-corrected chi connectivity index (χ4v) is 1.94. The van der Waals surface area contributed by atoms with Crippen LogP contribution < -0.4 is 0 Å². The molecule has 1 aliphatic rings. The number of halogens is 2. The van der Waals surface area contributed by atoms with Crippen molar-refractivity contribution in [3.63, 3.8) is 0 Å². The summed E-state index contributed by atoms with van der Waals surface area (Å²) in [7, 11) is 0. The summed E-state index contributed by atoms with van der Waals surface area (Å²) in [5.74, 6) is -2.42. The Kier molecular flexibility index (Phi) is 3.17. The number of carbonyl (C=O) groups excluding carboxylic acids is 1. The Labute approximate surface area is 92.9 Å². The van der Waals surface area contributed by atoms with E-state index in [0.29, 0.717) is 13.1 Å². The normalized spacial score (nSPS) is 16.2. The first-order valence-electron chi connectivity index (χ1n) is 5.43. The maximum absolute atomic E-state index is 13.4. The monoisotopic (exact) mass is 225 g/mol. The van der Waals surface area contributed by atoms with Gasteiger partial charge in [0.1, 0.15) is 0 Å². The Morgan fingerprint density at radius 2 is 1.81 bits per heavy atom. The van der Waals surface area contributed by atoms with Crippen molar-refractivity contribution in [3.05, 3.63) is 35.4 Å². The van der Waals surface area contributed by atoms with Gasteiger partial charge in [0.2, 0.25) is 0 Å². The van der Waals surface area contributed by atoms with Crippen LogP contribution in [0, 0.1) is 11.6 Å². The highest BCUT2D eigenvalue weighted by Gasteiger charge is 2.22. The van der Waals surface area contributed by atoms with Crippen molar-refractivity contribution >= 4 is 5.91 Å². The predicted octanol–water partition coefficient (Wildman–Crippen LogP) is 2.59. The molecule has 0 radical (unpaired) electrons. The number of amides is 1. The third-order valence-electron chi connectivity index (χ3n) is 2.83. The largest absolute Gasteiger partial charge is 0.339 e.